The highest BCUT2D eigenvalue weighted by Crippen LogP contribution is 2.24. The first-order valence-corrected chi connectivity index (χ1v) is 7.34. The van der Waals surface area contributed by atoms with E-state index in [9.17, 15) is 0 Å². The molecule has 2 rings (SSSR count). The van der Waals surface area contributed by atoms with Crippen molar-refractivity contribution < 1.29 is 0 Å². The van der Waals surface area contributed by atoms with Gasteiger partial charge >= 0.3 is 0 Å². The van der Waals surface area contributed by atoms with Gasteiger partial charge in [0.1, 0.15) is 5.82 Å². The molecule has 3 nitrogen and oxygen atoms in total. The number of hydrogen-bond acceptors (Lipinski definition) is 3. The number of nitrogens with one attached hydrogen (secondary N) is 1. The van der Waals surface area contributed by atoms with Crippen molar-refractivity contribution in [1.29, 1.82) is 0 Å². The number of likely N-dealkylation sites (tertiary alicyclic amines) is 1. The van der Waals surface area contributed by atoms with Crippen molar-refractivity contribution in [3.8, 4) is 0 Å². The Morgan fingerprint density at radius 1 is 1.32 bits per heavy atom. The molecule has 0 aromatic carbocycles. The summed E-state index contributed by atoms with van der Waals surface area (Å²) in [6.45, 7) is 10.2. The third kappa shape index (κ3) is 4.20. The van der Waals surface area contributed by atoms with E-state index in [0.29, 0.717) is 0 Å². The van der Waals surface area contributed by atoms with Crippen LogP contribution in [0.25, 0.3) is 0 Å². The van der Waals surface area contributed by atoms with E-state index in [1.54, 1.807) is 0 Å². The van der Waals surface area contributed by atoms with Gasteiger partial charge in [0, 0.05) is 12.7 Å². The summed E-state index contributed by atoms with van der Waals surface area (Å²) in [4.78, 5) is 6.84. The zero-order valence-corrected chi connectivity index (χ0v) is 12.7. The highest BCUT2D eigenvalue weighted by Gasteiger charge is 2.17. The molecule has 1 aliphatic rings. The Morgan fingerprint density at radius 3 is 2.63 bits per heavy atom. The highest BCUT2D eigenvalue weighted by molar-refractivity contribution is 5.39. The van der Waals surface area contributed by atoms with E-state index in [-0.39, 0.29) is 5.41 Å². The third-order valence-corrected chi connectivity index (χ3v) is 4.04. The van der Waals surface area contributed by atoms with Gasteiger partial charge in [-0.3, -0.25) is 0 Å². The van der Waals surface area contributed by atoms with Gasteiger partial charge < -0.3 is 10.2 Å². The molecule has 0 saturated carbocycles. The quantitative estimate of drug-likeness (QED) is 0.906. The standard InChI is InChI=1S/C16H27N3/c1-16(2,3)14-5-8-17-15(11-14)18-12-13-6-9-19(4)10-7-13/h5,8,11,13H,6-7,9-10,12H2,1-4H3,(H,17,18). The smallest absolute Gasteiger partial charge is 0.126 e. The number of pyridine rings is 1. The lowest BCUT2D eigenvalue weighted by atomic mass is 9.88. The summed E-state index contributed by atoms with van der Waals surface area (Å²) >= 11 is 0. The fourth-order valence-electron chi connectivity index (χ4n) is 2.51. The van der Waals surface area contributed by atoms with Gasteiger partial charge in [-0.1, -0.05) is 20.8 Å². The minimum atomic E-state index is 0.187. The normalized spacial score (nSPS) is 18.5. The number of hydrogen-bond donors (Lipinski definition) is 1. The number of anilines is 1. The minimum absolute atomic E-state index is 0.187. The molecular formula is C16H27N3. The summed E-state index contributed by atoms with van der Waals surface area (Å²) in [6, 6.07) is 4.30. The Balaban J connectivity index is 1.89. The molecule has 1 saturated heterocycles. The van der Waals surface area contributed by atoms with Gasteiger partial charge in [-0.15, -0.1) is 0 Å². The second-order valence-corrected chi connectivity index (χ2v) is 6.81. The van der Waals surface area contributed by atoms with Crippen LogP contribution in [-0.2, 0) is 5.41 Å². The second-order valence-electron chi connectivity index (χ2n) is 6.81. The van der Waals surface area contributed by atoms with E-state index in [1.807, 2.05) is 6.20 Å². The molecule has 0 bridgehead atoms. The van der Waals surface area contributed by atoms with Crippen LogP contribution in [0, 0.1) is 5.92 Å². The molecule has 0 amide bonds. The van der Waals surface area contributed by atoms with Gasteiger partial charge in [-0.05, 0) is 62.0 Å². The van der Waals surface area contributed by atoms with Crippen LogP contribution in [0.4, 0.5) is 5.82 Å². The molecule has 106 valence electrons. The van der Waals surface area contributed by atoms with E-state index in [4.69, 9.17) is 0 Å². The second kappa shape index (κ2) is 5.91. The van der Waals surface area contributed by atoms with Gasteiger partial charge in [-0.2, -0.15) is 0 Å². The molecule has 1 aliphatic heterocycles. The van der Waals surface area contributed by atoms with Crippen LogP contribution in [0.5, 0.6) is 0 Å². The Morgan fingerprint density at radius 2 is 2.00 bits per heavy atom. The van der Waals surface area contributed by atoms with Gasteiger partial charge in [0.05, 0.1) is 0 Å². The molecule has 1 fully saturated rings. The fraction of sp³-hybridized carbons (Fsp3) is 0.688. The lowest BCUT2D eigenvalue weighted by Crippen LogP contribution is -2.33. The zero-order chi connectivity index (χ0) is 13.9. The number of piperidine rings is 1. The predicted octanol–water partition coefficient (Wildman–Crippen LogP) is 3.13. The first kappa shape index (κ1) is 14.3. The van der Waals surface area contributed by atoms with Gasteiger partial charge in [0.2, 0.25) is 0 Å². The Bertz CT molecular complexity index is 401. The highest BCUT2D eigenvalue weighted by atomic mass is 15.1. The van der Waals surface area contributed by atoms with Crippen molar-refractivity contribution in [3.05, 3.63) is 23.9 Å². The van der Waals surface area contributed by atoms with Crippen LogP contribution in [0.15, 0.2) is 18.3 Å². The predicted molar refractivity (Wildman–Crippen MR) is 81.6 cm³/mol. The number of nitrogens with zero attached hydrogens (tertiary/aromatic N) is 2. The molecule has 0 aliphatic carbocycles. The first-order chi connectivity index (χ1) is 8.95. The molecule has 3 heteroatoms. The molecule has 2 heterocycles. The van der Waals surface area contributed by atoms with Crippen molar-refractivity contribution in [2.45, 2.75) is 39.0 Å². The lowest BCUT2D eigenvalue weighted by molar-refractivity contribution is 0.226. The molecule has 0 radical (unpaired) electrons. The van der Waals surface area contributed by atoms with Crippen LogP contribution >= 0.6 is 0 Å². The third-order valence-electron chi connectivity index (χ3n) is 4.04. The van der Waals surface area contributed by atoms with E-state index in [0.717, 1.165) is 18.3 Å². The molecule has 0 atom stereocenters. The van der Waals surface area contributed by atoms with E-state index in [2.05, 4.69) is 55.2 Å². The fourth-order valence-corrected chi connectivity index (χ4v) is 2.51. The lowest BCUT2D eigenvalue weighted by Gasteiger charge is -2.29. The Kier molecular flexibility index (Phi) is 4.46. The van der Waals surface area contributed by atoms with E-state index >= 15 is 0 Å². The van der Waals surface area contributed by atoms with Crippen LogP contribution in [0.3, 0.4) is 0 Å². The largest absolute Gasteiger partial charge is 0.370 e. The summed E-state index contributed by atoms with van der Waals surface area (Å²) in [5.74, 6) is 1.81. The Labute approximate surface area is 117 Å². The molecule has 0 spiro atoms. The summed E-state index contributed by atoms with van der Waals surface area (Å²) in [5.41, 5.74) is 1.53. The maximum Gasteiger partial charge on any atom is 0.126 e. The summed E-state index contributed by atoms with van der Waals surface area (Å²) in [7, 11) is 2.21. The van der Waals surface area contributed by atoms with Crippen molar-refractivity contribution >= 4 is 5.82 Å². The first-order valence-electron chi connectivity index (χ1n) is 7.34. The van der Waals surface area contributed by atoms with Crippen molar-refractivity contribution in [1.82, 2.24) is 9.88 Å². The van der Waals surface area contributed by atoms with E-state index in [1.165, 1.54) is 31.5 Å². The minimum Gasteiger partial charge on any atom is -0.370 e. The monoisotopic (exact) mass is 261 g/mol. The Hall–Kier alpha value is -1.09. The molecule has 19 heavy (non-hydrogen) atoms. The zero-order valence-electron chi connectivity index (χ0n) is 12.7. The maximum absolute atomic E-state index is 4.43. The summed E-state index contributed by atoms with van der Waals surface area (Å²) in [5, 5.41) is 3.51. The molecular weight excluding hydrogens is 234 g/mol. The topological polar surface area (TPSA) is 28.2 Å². The average Bonchev–Trinajstić information content (AvgIpc) is 2.37. The average molecular weight is 261 g/mol. The molecule has 1 aromatic heterocycles. The van der Waals surface area contributed by atoms with Crippen LogP contribution in [-0.4, -0.2) is 36.6 Å². The molecule has 1 N–H and O–H groups in total. The summed E-state index contributed by atoms with van der Waals surface area (Å²) < 4.78 is 0. The maximum atomic E-state index is 4.43. The van der Waals surface area contributed by atoms with Crippen LogP contribution < -0.4 is 5.32 Å². The van der Waals surface area contributed by atoms with Crippen molar-refractivity contribution in [2.75, 3.05) is 32.0 Å². The number of rotatable bonds is 3. The molecule has 0 unspecified atom stereocenters. The van der Waals surface area contributed by atoms with Crippen LogP contribution in [0.2, 0.25) is 0 Å². The van der Waals surface area contributed by atoms with Crippen molar-refractivity contribution in [3.63, 3.8) is 0 Å². The molecule has 1 aromatic rings. The number of aromatic nitrogens is 1. The SMILES string of the molecule is CN1CCC(CNc2cc(C(C)(C)C)ccn2)CC1. The van der Waals surface area contributed by atoms with Gasteiger partial charge in [0.15, 0.2) is 0 Å². The van der Waals surface area contributed by atoms with Crippen molar-refractivity contribution in [2.24, 2.45) is 5.92 Å². The summed E-state index contributed by atoms with van der Waals surface area (Å²) in [6.07, 6.45) is 4.50. The van der Waals surface area contributed by atoms with Crippen LogP contribution in [0.1, 0.15) is 39.2 Å². The van der Waals surface area contributed by atoms with Gasteiger partial charge in [0.25, 0.3) is 0 Å². The van der Waals surface area contributed by atoms with Gasteiger partial charge in [-0.25, -0.2) is 4.98 Å². The van der Waals surface area contributed by atoms with E-state index < -0.39 is 0 Å².